The summed E-state index contributed by atoms with van der Waals surface area (Å²) in [6.07, 6.45) is 2.80. The summed E-state index contributed by atoms with van der Waals surface area (Å²) in [4.78, 5) is 10.4. The van der Waals surface area contributed by atoms with Gasteiger partial charge in [-0.15, -0.1) is 0 Å². The van der Waals surface area contributed by atoms with Crippen molar-refractivity contribution in [2.75, 3.05) is 0 Å². The molecule has 0 aromatic heterocycles. The Morgan fingerprint density at radius 1 is 1.88 bits per heavy atom. The van der Waals surface area contributed by atoms with Crippen LogP contribution in [0.2, 0.25) is 0 Å². The Kier molecular flexibility index (Phi) is 1.30. The molecule has 0 aliphatic carbocycles. The van der Waals surface area contributed by atoms with Crippen molar-refractivity contribution in [2.45, 2.75) is 12.6 Å². The fraction of sp³-hybridized carbons (Fsp3) is 0.400. The molecule has 2 N–H and O–H groups in total. The largest absolute Gasteiger partial charge is 0.370 e. The Labute approximate surface area is 47.0 Å². The van der Waals surface area contributed by atoms with Crippen LogP contribution in [0.4, 0.5) is 0 Å². The molecule has 1 aliphatic heterocycles. The van der Waals surface area contributed by atoms with Gasteiger partial charge in [0.1, 0.15) is 6.23 Å². The van der Waals surface area contributed by atoms with Crippen molar-refractivity contribution in [3.05, 3.63) is 12.2 Å². The predicted molar refractivity (Wildman–Crippen MR) is 27.9 cm³/mol. The van der Waals surface area contributed by atoms with Crippen molar-refractivity contribution >= 4 is 5.91 Å². The minimum atomic E-state index is -0.767. The van der Waals surface area contributed by atoms with Crippen molar-refractivity contribution in [2.24, 2.45) is 0 Å². The fourth-order valence-corrected chi connectivity index (χ4v) is 0.576. The van der Waals surface area contributed by atoms with Gasteiger partial charge in [0.2, 0.25) is 5.91 Å². The van der Waals surface area contributed by atoms with Crippen LogP contribution in [0.25, 0.3) is 0 Å². The van der Waals surface area contributed by atoms with Gasteiger partial charge in [-0.1, -0.05) is 6.08 Å². The predicted octanol–water partition coefficient (Wildman–Crippen LogP) is -0.619. The molecule has 0 aromatic carbocycles. The number of amides is 1. The van der Waals surface area contributed by atoms with Crippen molar-refractivity contribution in [3.8, 4) is 0 Å². The lowest BCUT2D eigenvalue weighted by Crippen LogP contribution is -2.35. The Balaban J connectivity index is 2.54. The number of hydrogen-bond donors (Lipinski definition) is 2. The maximum atomic E-state index is 10.4. The van der Waals surface area contributed by atoms with E-state index in [0.29, 0.717) is 6.42 Å². The van der Waals surface area contributed by atoms with Crippen LogP contribution >= 0.6 is 0 Å². The molecule has 44 valence electrons. The van der Waals surface area contributed by atoms with Crippen molar-refractivity contribution in [3.63, 3.8) is 0 Å². The molecule has 1 aliphatic rings. The molecule has 0 spiro atoms. The zero-order valence-electron chi connectivity index (χ0n) is 4.29. The average Bonchev–Trinajstić information content (AvgIpc) is 1.64. The molecular formula is C5H7NO2. The van der Waals surface area contributed by atoms with Gasteiger partial charge >= 0.3 is 0 Å². The number of rotatable bonds is 0. The minimum absolute atomic E-state index is 0.125. The summed E-state index contributed by atoms with van der Waals surface area (Å²) < 4.78 is 0. The van der Waals surface area contributed by atoms with E-state index in [0.717, 1.165) is 0 Å². The van der Waals surface area contributed by atoms with E-state index < -0.39 is 6.23 Å². The topological polar surface area (TPSA) is 49.3 Å². The first kappa shape index (κ1) is 5.31. The molecule has 0 saturated carbocycles. The zero-order valence-corrected chi connectivity index (χ0v) is 4.29. The van der Waals surface area contributed by atoms with E-state index >= 15 is 0 Å². The lowest BCUT2D eigenvalue weighted by atomic mass is 10.3. The summed E-state index contributed by atoms with van der Waals surface area (Å²) in [5.41, 5.74) is 0. The van der Waals surface area contributed by atoms with Crippen LogP contribution < -0.4 is 5.32 Å². The Bertz CT molecular complexity index is 130. The van der Waals surface area contributed by atoms with Crippen molar-refractivity contribution < 1.29 is 9.90 Å². The lowest BCUT2D eigenvalue weighted by molar-refractivity contribution is -0.122. The SMILES string of the molecule is O=C1CC=CC(O)N1. The van der Waals surface area contributed by atoms with E-state index in [2.05, 4.69) is 5.32 Å². The minimum Gasteiger partial charge on any atom is -0.370 e. The average molecular weight is 113 g/mol. The van der Waals surface area contributed by atoms with Crippen LogP contribution in [0.3, 0.4) is 0 Å². The second-order valence-corrected chi connectivity index (χ2v) is 1.64. The molecule has 1 unspecified atom stereocenters. The van der Waals surface area contributed by atoms with Gasteiger partial charge in [-0.25, -0.2) is 0 Å². The zero-order chi connectivity index (χ0) is 5.98. The first-order valence-electron chi connectivity index (χ1n) is 2.43. The number of carbonyl (C=O) groups is 1. The number of carbonyl (C=O) groups excluding carboxylic acids is 1. The highest BCUT2D eigenvalue weighted by Gasteiger charge is 2.07. The summed E-state index contributed by atoms with van der Waals surface area (Å²) in [6, 6.07) is 0. The molecular weight excluding hydrogens is 106 g/mol. The first-order valence-corrected chi connectivity index (χ1v) is 2.43. The normalized spacial score (nSPS) is 27.6. The highest BCUT2D eigenvalue weighted by molar-refractivity contribution is 5.78. The molecule has 1 rings (SSSR count). The Morgan fingerprint density at radius 3 is 3.00 bits per heavy atom. The van der Waals surface area contributed by atoms with Crippen LogP contribution in [0, 0.1) is 0 Å². The van der Waals surface area contributed by atoms with Crippen LogP contribution in [-0.2, 0) is 4.79 Å². The van der Waals surface area contributed by atoms with Gasteiger partial charge in [-0.2, -0.15) is 0 Å². The molecule has 3 heteroatoms. The van der Waals surface area contributed by atoms with E-state index in [1.54, 1.807) is 12.2 Å². The second kappa shape index (κ2) is 1.96. The van der Waals surface area contributed by atoms with E-state index in [-0.39, 0.29) is 5.91 Å². The molecule has 8 heavy (non-hydrogen) atoms. The molecule has 3 nitrogen and oxygen atoms in total. The van der Waals surface area contributed by atoms with Gasteiger partial charge in [0.25, 0.3) is 0 Å². The number of hydrogen-bond acceptors (Lipinski definition) is 2. The van der Waals surface area contributed by atoms with E-state index in [1.807, 2.05) is 0 Å². The van der Waals surface area contributed by atoms with Gasteiger partial charge in [0.05, 0.1) is 0 Å². The number of aliphatic hydroxyl groups excluding tert-OH is 1. The Hall–Kier alpha value is -0.830. The van der Waals surface area contributed by atoms with Crippen LogP contribution in [0.15, 0.2) is 12.2 Å². The summed E-state index contributed by atoms with van der Waals surface area (Å²) in [6.45, 7) is 0. The maximum absolute atomic E-state index is 10.4. The third-order valence-corrected chi connectivity index (χ3v) is 0.930. The van der Waals surface area contributed by atoms with E-state index in [4.69, 9.17) is 5.11 Å². The van der Waals surface area contributed by atoms with Gasteiger partial charge in [-0.05, 0) is 6.08 Å². The fourth-order valence-electron chi connectivity index (χ4n) is 0.576. The number of aliphatic hydroxyl groups is 1. The van der Waals surface area contributed by atoms with Crippen LogP contribution in [0.5, 0.6) is 0 Å². The van der Waals surface area contributed by atoms with Gasteiger partial charge in [-0.3, -0.25) is 4.79 Å². The lowest BCUT2D eigenvalue weighted by Gasteiger charge is -2.10. The maximum Gasteiger partial charge on any atom is 0.226 e. The molecule has 0 bridgehead atoms. The molecule has 0 radical (unpaired) electrons. The van der Waals surface area contributed by atoms with Gasteiger partial charge in [0.15, 0.2) is 0 Å². The first-order chi connectivity index (χ1) is 3.79. The second-order valence-electron chi connectivity index (χ2n) is 1.64. The smallest absolute Gasteiger partial charge is 0.226 e. The van der Waals surface area contributed by atoms with Crippen LogP contribution in [-0.4, -0.2) is 17.2 Å². The molecule has 1 atom stereocenters. The summed E-state index contributed by atoms with van der Waals surface area (Å²) in [5, 5.41) is 11.0. The Morgan fingerprint density at radius 2 is 2.62 bits per heavy atom. The van der Waals surface area contributed by atoms with Crippen molar-refractivity contribution in [1.29, 1.82) is 0 Å². The molecule has 0 aromatic rings. The van der Waals surface area contributed by atoms with E-state index in [9.17, 15) is 4.79 Å². The van der Waals surface area contributed by atoms with Gasteiger partial charge < -0.3 is 10.4 Å². The van der Waals surface area contributed by atoms with Crippen LogP contribution in [0.1, 0.15) is 6.42 Å². The third-order valence-electron chi connectivity index (χ3n) is 0.930. The molecule has 0 saturated heterocycles. The standard InChI is InChI=1S/C5H7NO2/c7-4-2-1-3-5(8)6-4/h1-2,4,7H,3H2,(H,6,8). The summed E-state index contributed by atoms with van der Waals surface area (Å²) in [5.74, 6) is -0.125. The monoisotopic (exact) mass is 113 g/mol. The highest BCUT2D eigenvalue weighted by Crippen LogP contribution is 1.93. The molecule has 1 amide bonds. The summed E-state index contributed by atoms with van der Waals surface area (Å²) in [7, 11) is 0. The third kappa shape index (κ3) is 1.07. The van der Waals surface area contributed by atoms with Gasteiger partial charge in [0, 0.05) is 6.42 Å². The summed E-state index contributed by atoms with van der Waals surface area (Å²) >= 11 is 0. The van der Waals surface area contributed by atoms with E-state index in [1.165, 1.54) is 0 Å². The molecule has 1 heterocycles. The van der Waals surface area contributed by atoms with Crippen molar-refractivity contribution in [1.82, 2.24) is 5.32 Å². The number of nitrogens with one attached hydrogen (secondary N) is 1. The molecule has 0 fully saturated rings. The quantitative estimate of drug-likeness (QED) is 0.411. The highest BCUT2D eigenvalue weighted by atomic mass is 16.3.